The fraction of sp³-hybridized carbons (Fsp3) is 0.160. The Labute approximate surface area is 191 Å². The molecule has 0 unspecified atom stereocenters. The molecular weight excluding hydrogens is 422 g/mol. The second kappa shape index (κ2) is 8.43. The molecular formula is C25H23N3O3S. The summed E-state index contributed by atoms with van der Waals surface area (Å²) in [6.45, 7) is 7.81. The van der Waals surface area contributed by atoms with Crippen LogP contribution in [0.2, 0.25) is 0 Å². The molecule has 0 aliphatic rings. The smallest absolute Gasteiger partial charge is 0.257 e. The molecule has 0 fully saturated rings. The van der Waals surface area contributed by atoms with E-state index < -0.39 is 0 Å². The van der Waals surface area contributed by atoms with Crippen molar-refractivity contribution in [3.63, 3.8) is 0 Å². The van der Waals surface area contributed by atoms with Crippen LogP contribution in [-0.2, 0) is 0 Å². The van der Waals surface area contributed by atoms with E-state index in [9.17, 15) is 9.90 Å². The number of amides is 1. The summed E-state index contributed by atoms with van der Waals surface area (Å²) in [5.41, 5.74) is 7.03. The molecule has 3 N–H and O–H groups in total. The van der Waals surface area contributed by atoms with Crippen molar-refractivity contribution < 1.29 is 14.3 Å². The van der Waals surface area contributed by atoms with Gasteiger partial charge in [-0.1, -0.05) is 23.8 Å². The van der Waals surface area contributed by atoms with Crippen molar-refractivity contribution in [2.75, 3.05) is 5.32 Å². The zero-order valence-electron chi connectivity index (χ0n) is 18.2. The molecule has 7 heteroatoms. The first kappa shape index (κ1) is 21.5. The van der Waals surface area contributed by atoms with E-state index in [1.807, 2.05) is 52.0 Å². The van der Waals surface area contributed by atoms with Gasteiger partial charge in [0, 0.05) is 17.3 Å². The van der Waals surface area contributed by atoms with Gasteiger partial charge in [0.1, 0.15) is 11.3 Å². The molecule has 1 aromatic heterocycles. The maximum absolute atomic E-state index is 12.5. The predicted octanol–water partition coefficient (Wildman–Crippen LogP) is 5.56. The van der Waals surface area contributed by atoms with Crippen molar-refractivity contribution in [3.05, 3.63) is 76.3 Å². The number of carbonyl (C=O) groups excluding carboxylic acids is 1. The molecule has 1 amide bonds. The van der Waals surface area contributed by atoms with Crippen molar-refractivity contribution in [3.8, 4) is 17.2 Å². The maximum atomic E-state index is 12.5. The summed E-state index contributed by atoms with van der Waals surface area (Å²) in [4.78, 5) is 17.0. The number of anilines is 1. The molecule has 1 heterocycles. The number of fused-ring (bicyclic) bond motifs is 1. The van der Waals surface area contributed by atoms with Crippen LogP contribution in [0.1, 0.15) is 32.6 Å². The number of hydrogen-bond donors (Lipinski definition) is 3. The summed E-state index contributed by atoms with van der Waals surface area (Å²) in [7, 11) is 0. The number of thiocarbonyl (C=S) groups is 1. The quantitative estimate of drug-likeness (QED) is 0.358. The van der Waals surface area contributed by atoms with E-state index in [2.05, 4.69) is 15.6 Å². The summed E-state index contributed by atoms with van der Waals surface area (Å²) < 4.78 is 5.89. The fourth-order valence-corrected chi connectivity index (χ4v) is 3.89. The third kappa shape index (κ3) is 4.33. The molecule has 0 radical (unpaired) electrons. The number of nitrogens with one attached hydrogen (secondary N) is 2. The zero-order chi connectivity index (χ0) is 23.0. The van der Waals surface area contributed by atoms with Crippen molar-refractivity contribution in [1.82, 2.24) is 10.3 Å². The normalized spacial score (nSPS) is 10.9. The largest absolute Gasteiger partial charge is 0.507 e. The van der Waals surface area contributed by atoms with Gasteiger partial charge in [0.2, 0.25) is 5.89 Å². The van der Waals surface area contributed by atoms with Crippen LogP contribution in [0.3, 0.4) is 0 Å². The van der Waals surface area contributed by atoms with Gasteiger partial charge in [0.05, 0.1) is 5.56 Å². The first-order valence-electron chi connectivity index (χ1n) is 10.1. The van der Waals surface area contributed by atoms with Gasteiger partial charge in [-0.25, -0.2) is 4.98 Å². The van der Waals surface area contributed by atoms with Gasteiger partial charge in [-0.15, -0.1) is 0 Å². The van der Waals surface area contributed by atoms with E-state index in [0.717, 1.165) is 27.8 Å². The van der Waals surface area contributed by atoms with Gasteiger partial charge in [0.25, 0.3) is 5.91 Å². The minimum atomic E-state index is -0.294. The van der Waals surface area contributed by atoms with Crippen molar-refractivity contribution in [2.45, 2.75) is 27.7 Å². The molecule has 0 bridgehead atoms. The van der Waals surface area contributed by atoms with Crippen LogP contribution in [0, 0.1) is 27.7 Å². The first-order chi connectivity index (χ1) is 15.2. The van der Waals surface area contributed by atoms with E-state index in [-0.39, 0.29) is 16.8 Å². The Morgan fingerprint density at radius 2 is 1.72 bits per heavy atom. The number of oxazole rings is 1. The summed E-state index contributed by atoms with van der Waals surface area (Å²) in [6.07, 6.45) is 0. The van der Waals surface area contributed by atoms with Gasteiger partial charge < -0.3 is 14.8 Å². The molecule has 0 atom stereocenters. The minimum absolute atomic E-state index is 0.0144. The van der Waals surface area contributed by atoms with Crippen LogP contribution < -0.4 is 10.6 Å². The van der Waals surface area contributed by atoms with Crippen LogP contribution in [-0.4, -0.2) is 21.1 Å². The van der Waals surface area contributed by atoms with Crippen molar-refractivity contribution >= 4 is 40.0 Å². The molecule has 6 nitrogen and oxygen atoms in total. The topological polar surface area (TPSA) is 87.4 Å². The molecule has 3 aromatic carbocycles. The lowest BCUT2D eigenvalue weighted by atomic mass is 10.1. The van der Waals surface area contributed by atoms with Gasteiger partial charge in [-0.3, -0.25) is 10.1 Å². The van der Waals surface area contributed by atoms with Gasteiger partial charge >= 0.3 is 0 Å². The molecule has 0 aliphatic heterocycles. The van der Waals surface area contributed by atoms with Crippen molar-refractivity contribution in [2.24, 2.45) is 0 Å². The highest BCUT2D eigenvalue weighted by Crippen LogP contribution is 2.34. The maximum Gasteiger partial charge on any atom is 0.257 e. The SMILES string of the molecule is Cc1ccc(C(=O)NC(=S)Nc2ccc(-c3nc4cc(C)cc(C)c4o3)c(O)c2)c(C)c1. The van der Waals surface area contributed by atoms with Crippen LogP contribution >= 0.6 is 12.2 Å². The molecule has 0 spiro atoms. The highest BCUT2D eigenvalue weighted by Gasteiger charge is 2.15. The molecule has 0 aliphatic carbocycles. The van der Waals surface area contributed by atoms with E-state index >= 15 is 0 Å². The van der Waals surface area contributed by atoms with E-state index in [1.165, 1.54) is 6.07 Å². The first-order valence-corrected chi connectivity index (χ1v) is 10.5. The molecule has 162 valence electrons. The van der Waals surface area contributed by atoms with Crippen molar-refractivity contribution in [1.29, 1.82) is 0 Å². The van der Waals surface area contributed by atoms with Gasteiger partial charge in [-0.05, 0) is 80.9 Å². The molecule has 4 rings (SSSR count). The Morgan fingerprint density at radius 1 is 0.969 bits per heavy atom. The van der Waals surface area contributed by atoms with E-state index in [1.54, 1.807) is 18.2 Å². The average molecular weight is 446 g/mol. The standard InChI is InChI=1S/C25H23N3O3S/c1-13-5-7-18(15(3)9-13)23(30)28-25(32)26-17-6-8-19(21(29)12-17)24-27-20-11-14(2)10-16(4)22(20)31-24/h5-12,29H,1-4H3,(H2,26,28,30,32). The Hall–Kier alpha value is -3.71. The summed E-state index contributed by atoms with van der Waals surface area (Å²) >= 11 is 5.27. The number of nitrogens with zero attached hydrogens (tertiary/aromatic N) is 1. The average Bonchev–Trinajstić information content (AvgIpc) is 3.11. The third-order valence-corrected chi connectivity index (χ3v) is 5.36. The number of rotatable bonds is 3. The second-order valence-electron chi connectivity index (χ2n) is 7.91. The van der Waals surface area contributed by atoms with Crippen LogP contribution in [0.5, 0.6) is 5.75 Å². The molecule has 4 aromatic rings. The van der Waals surface area contributed by atoms with Gasteiger partial charge in [0.15, 0.2) is 10.7 Å². The summed E-state index contributed by atoms with van der Waals surface area (Å²) in [6, 6.07) is 14.5. The Bertz CT molecular complexity index is 1370. The van der Waals surface area contributed by atoms with Crippen LogP contribution in [0.15, 0.2) is 52.9 Å². The Morgan fingerprint density at radius 3 is 2.44 bits per heavy atom. The summed E-state index contributed by atoms with van der Waals surface area (Å²) in [5, 5.41) is 16.3. The Kier molecular flexibility index (Phi) is 5.67. The number of benzene rings is 3. The fourth-order valence-electron chi connectivity index (χ4n) is 3.68. The predicted molar refractivity (Wildman–Crippen MR) is 130 cm³/mol. The third-order valence-electron chi connectivity index (χ3n) is 5.16. The number of hydrogen-bond acceptors (Lipinski definition) is 5. The highest BCUT2D eigenvalue weighted by atomic mass is 32.1. The number of aromatic hydroxyl groups is 1. The molecule has 32 heavy (non-hydrogen) atoms. The van der Waals surface area contributed by atoms with E-state index in [0.29, 0.717) is 28.3 Å². The highest BCUT2D eigenvalue weighted by molar-refractivity contribution is 7.80. The molecule has 0 saturated heterocycles. The van der Waals surface area contributed by atoms with Gasteiger partial charge in [-0.2, -0.15) is 0 Å². The second-order valence-corrected chi connectivity index (χ2v) is 8.32. The van der Waals surface area contributed by atoms with Crippen LogP contribution in [0.25, 0.3) is 22.6 Å². The number of carbonyl (C=O) groups is 1. The number of phenolic OH excluding ortho intramolecular Hbond substituents is 1. The lowest BCUT2D eigenvalue weighted by Crippen LogP contribution is -2.34. The summed E-state index contributed by atoms with van der Waals surface area (Å²) in [5.74, 6) is 0.0286. The molecule has 0 saturated carbocycles. The number of phenols is 1. The monoisotopic (exact) mass is 445 g/mol. The van der Waals surface area contributed by atoms with Crippen LogP contribution in [0.4, 0.5) is 5.69 Å². The minimum Gasteiger partial charge on any atom is -0.507 e. The number of aromatic nitrogens is 1. The lowest BCUT2D eigenvalue weighted by molar-refractivity contribution is 0.0977. The van der Waals surface area contributed by atoms with E-state index in [4.69, 9.17) is 16.6 Å². The zero-order valence-corrected chi connectivity index (χ0v) is 19.1. The lowest BCUT2D eigenvalue weighted by Gasteiger charge is -2.12. The Balaban J connectivity index is 1.50. The number of aryl methyl sites for hydroxylation is 4.